The number of piperidine rings is 1. The fourth-order valence-corrected chi connectivity index (χ4v) is 4.11. The molecule has 2 aliphatic heterocycles. The molecule has 0 radical (unpaired) electrons. The Bertz CT molecular complexity index is 890. The van der Waals surface area contributed by atoms with Gasteiger partial charge in [0, 0.05) is 49.0 Å². The quantitative estimate of drug-likeness (QED) is 0.881. The molecule has 28 heavy (non-hydrogen) atoms. The molecule has 2 saturated heterocycles. The Morgan fingerprint density at radius 3 is 2.89 bits per heavy atom. The summed E-state index contributed by atoms with van der Waals surface area (Å²) in [5.74, 6) is -0.138. The molecule has 2 fully saturated rings. The molecule has 146 valence electrons. The highest BCUT2D eigenvalue weighted by molar-refractivity contribution is 5.84. The van der Waals surface area contributed by atoms with Crippen LogP contribution in [0.4, 0.5) is 10.1 Å². The third-order valence-corrected chi connectivity index (χ3v) is 5.68. The first kappa shape index (κ1) is 18.6. The summed E-state index contributed by atoms with van der Waals surface area (Å²) in [6, 6.07) is 10.1. The Morgan fingerprint density at radius 2 is 2.11 bits per heavy atom. The van der Waals surface area contributed by atoms with Crippen LogP contribution in [0.2, 0.25) is 0 Å². The Morgan fingerprint density at radius 1 is 1.29 bits per heavy atom. The number of halogens is 1. The number of alkyl halides is 1. The van der Waals surface area contributed by atoms with Crippen molar-refractivity contribution in [1.82, 2.24) is 14.8 Å². The molecule has 3 heterocycles. The molecule has 1 N–H and O–H groups in total. The molecular weight excluding hydrogens is 357 g/mol. The maximum absolute atomic E-state index is 13.5. The lowest BCUT2D eigenvalue weighted by molar-refractivity contribution is -0.132. The SMILES string of the molecule is N#CC1C[C@H](F)CN1C(=O)CN1CCC(Nc2ccc3cnccc3c2)CC1. The molecule has 7 heteroatoms. The molecule has 1 unspecified atom stereocenters. The van der Waals surface area contributed by atoms with Gasteiger partial charge in [0.15, 0.2) is 0 Å². The number of nitrogens with one attached hydrogen (secondary N) is 1. The summed E-state index contributed by atoms with van der Waals surface area (Å²) in [4.78, 5) is 20.1. The number of anilines is 1. The molecule has 1 amide bonds. The monoisotopic (exact) mass is 381 g/mol. The maximum atomic E-state index is 13.5. The molecule has 2 aliphatic rings. The Balaban J connectivity index is 1.28. The van der Waals surface area contributed by atoms with E-state index in [2.05, 4.69) is 33.4 Å². The van der Waals surface area contributed by atoms with Crippen LogP contribution in [-0.4, -0.2) is 65.1 Å². The number of carbonyl (C=O) groups is 1. The van der Waals surface area contributed by atoms with Crippen LogP contribution >= 0.6 is 0 Å². The third kappa shape index (κ3) is 4.07. The number of nitriles is 1. The van der Waals surface area contributed by atoms with Crippen LogP contribution in [0.3, 0.4) is 0 Å². The number of amides is 1. The van der Waals surface area contributed by atoms with Crippen LogP contribution in [0.15, 0.2) is 36.7 Å². The fourth-order valence-electron chi connectivity index (χ4n) is 4.11. The first-order valence-corrected chi connectivity index (χ1v) is 9.78. The Hall–Kier alpha value is -2.72. The van der Waals surface area contributed by atoms with Gasteiger partial charge in [0.2, 0.25) is 5.91 Å². The van der Waals surface area contributed by atoms with E-state index in [-0.39, 0.29) is 25.4 Å². The van der Waals surface area contributed by atoms with E-state index in [4.69, 9.17) is 5.26 Å². The number of likely N-dealkylation sites (tertiary alicyclic amines) is 2. The Kier molecular flexibility index (Phi) is 5.40. The summed E-state index contributed by atoms with van der Waals surface area (Å²) < 4.78 is 13.5. The predicted octanol–water partition coefficient (Wildman–Crippen LogP) is 2.57. The molecular formula is C21H24FN5O. The molecule has 2 atom stereocenters. The molecule has 0 bridgehead atoms. The lowest BCUT2D eigenvalue weighted by Crippen LogP contribution is -2.46. The number of pyridine rings is 1. The number of fused-ring (bicyclic) bond motifs is 1. The van der Waals surface area contributed by atoms with Gasteiger partial charge in [-0.15, -0.1) is 0 Å². The van der Waals surface area contributed by atoms with E-state index < -0.39 is 12.2 Å². The third-order valence-electron chi connectivity index (χ3n) is 5.68. The second-order valence-corrected chi connectivity index (χ2v) is 7.66. The van der Waals surface area contributed by atoms with E-state index in [1.54, 1.807) is 6.20 Å². The molecule has 2 aromatic rings. The highest BCUT2D eigenvalue weighted by Gasteiger charge is 2.36. The number of benzene rings is 1. The minimum atomic E-state index is -1.08. The van der Waals surface area contributed by atoms with E-state index in [0.29, 0.717) is 6.04 Å². The zero-order valence-corrected chi connectivity index (χ0v) is 15.7. The predicted molar refractivity (Wildman–Crippen MR) is 105 cm³/mol. The van der Waals surface area contributed by atoms with Crippen LogP contribution in [0.1, 0.15) is 19.3 Å². The molecule has 0 spiro atoms. The molecule has 4 rings (SSSR count). The van der Waals surface area contributed by atoms with Gasteiger partial charge in [-0.3, -0.25) is 14.7 Å². The summed E-state index contributed by atoms with van der Waals surface area (Å²) in [7, 11) is 0. The van der Waals surface area contributed by atoms with Crippen molar-refractivity contribution in [2.24, 2.45) is 0 Å². The minimum absolute atomic E-state index is 0.0482. The standard InChI is InChI=1S/C21H24FN5O/c22-17-10-20(11-23)27(13-17)21(28)14-26-7-4-18(5-8-26)25-19-2-1-16-12-24-6-3-15(16)9-19/h1-3,6,9,12,17-18,20,25H,4-5,7-8,10,13-14H2/t17-,20?/m0/s1. The van der Waals surface area contributed by atoms with Gasteiger partial charge in [-0.1, -0.05) is 6.07 Å². The van der Waals surface area contributed by atoms with Crippen LogP contribution < -0.4 is 5.32 Å². The van der Waals surface area contributed by atoms with Gasteiger partial charge in [-0.2, -0.15) is 5.26 Å². The number of hydrogen-bond donors (Lipinski definition) is 1. The second-order valence-electron chi connectivity index (χ2n) is 7.66. The van der Waals surface area contributed by atoms with Gasteiger partial charge in [0.05, 0.1) is 19.2 Å². The largest absolute Gasteiger partial charge is 0.382 e. The van der Waals surface area contributed by atoms with Gasteiger partial charge < -0.3 is 10.2 Å². The Labute approximate surface area is 163 Å². The molecule has 1 aromatic heterocycles. The molecule has 0 aliphatic carbocycles. The van der Waals surface area contributed by atoms with Crippen molar-refractivity contribution in [2.45, 2.75) is 37.5 Å². The molecule has 1 aromatic carbocycles. The van der Waals surface area contributed by atoms with Crippen LogP contribution in [0, 0.1) is 11.3 Å². The van der Waals surface area contributed by atoms with Crippen molar-refractivity contribution >= 4 is 22.4 Å². The van der Waals surface area contributed by atoms with Crippen LogP contribution in [0.25, 0.3) is 10.8 Å². The van der Waals surface area contributed by atoms with E-state index in [1.165, 1.54) is 4.90 Å². The fraction of sp³-hybridized carbons (Fsp3) is 0.476. The highest BCUT2D eigenvalue weighted by Crippen LogP contribution is 2.23. The van der Waals surface area contributed by atoms with E-state index in [9.17, 15) is 9.18 Å². The number of carbonyl (C=O) groups excluding carboxylic acids is 1. The topological polar surface area (TPSA) is 72.3 Å². The first-order valence-electron chi connectivity index (χ1n) is 9.78. The van der Waals surface area contributed by atoms with Crippen molar-refractivity contribution in [3.8, 4) is 6.07 Å². The number of nitrogens with zero attached hydrogens (tertiary/aromatic N) is 4. The number of aromatic nitrogens is 1. The van der Waals surface area contributed by atoms with E-state index >= 15 is 0 Å². The molecule has 6 nitrogen and oxygen atoms in total. The number of hydrogen-bond acceptors (Lipinski definition) is 5. The maximum Gasteiger partial charge on any atom is 0.237 e. The summed E-state index contributed by atoms with van der Waals surface area (Å²) >= 11 is 0. The van der Waals surface area contributed by atoms with Crippen LogP contribution in [0.5, 0.6) is 0 Å². The van der Waals surface area contributed by atoms with Gasteiger partial charge in [-0.05, 0) is 36.4 Å². The average Bonchev–Trinajstić information content (AvgIpc) is 3.10. The van der Waals surface area contributed by atoms with Crippen molar-refractivity contribution in [3.63, 3.8) is 0 Å². The minimum Gasteiger partial charge on any atom is -0.382 e. The summed E-state index contributed by atoms with van der Waals surface area (Å²) in [5, 5.41) is 15.0. The average molecular weight is 381 g/mol. The van der Waals surface area contributed by atoms with E-state index in [0.717, 1.165) is 42.4 Å². The summed E-state index contributed by atoms with van der Waals surface area (Å²) in [5.41, 5.74) is 1.09. The summed E-state index contributed by atoms with van der Waals surface area (Å²) in [6.07, 6.45) is 4.59. The first-order chi connectivity index (χ1) is 13.6. The smallest absolute Gasteiger partial charge is 0.237 e. The van der Waals surface area contributed by atoms with Gasteiger partial charge in [-0.25, -0.2) is 4.39 Å². The second kappa shape index (κ2) is 8.11. The highest BCUT2D eigenvalue weighted by atomic mass is 19.1. The van der Waals surface area contributed by atoms with E-state index in [1.807, 2.05) is 18.3 Å². The lowest BCUT2D eigenvalue weighted by atomic mass is 10.0. The normalized spacial score (nSPS) is 23.6. The van der Waals surface area contributed by atoms with Crippen molar-refractivity contribution in [1.29, 1.82) is 5.26 Å². The van der Waals surface area contributed by atoms with Gasteiger partial charge >= 0.3 is 0 Å². The van der Waals surface area contributed by atoms with Gasteiger partial charge in [0.1, 0.15) is 12.2 Å². The van der Waals surface area contributed by atoms with Crippen molar-refractivity contribution < 1.29 is 9.18 Å². The van der Waals surface area contributed by atoms with Crippen LogP contribution in [-0.2, 0) is 4.79 Å². The summed E-state index contributed by atoms with van der Waals surface area (Å²) in [6.45, 7) is 1.93. The van der Waals surface area contributed by atoms with Crippen molar-refractivity contribution in [2.75, 3.05) is 31.5 Å². The van der Waals surface area contributed by atoms with Crippen molar-refractivity contribution in [3.05, 3.63) is 36.7 Å². The number of rotatable bonds is 4. The molecule has 0 saturated carbocycles. The lowest BCUT2D eigenvalue weighted by Gasteiger charge is -2.33. The zero-order valence-electron chi connectivity index (χ0n) is 15.7. The zero-order chi connectivity index (χ0) is 19.5. The van der Waals surface area contributed by atoms with Gasteiger partial charge in [0.25, 0.3) is 0 Å².